The van der Waals surface area contributed by atoms with Crippen LogP contribution in [0.1, 0.15) is 15.9 Å². The number of ketones is 1. The Hall–Kier alpha value is -3.52. The summed E-state index contributed by atoms with van der Waals surface area (Å²) in [5, 5.41) is 15.9. The molecule has 0 aliphatic rings. The number of rotatable bonds is 5. The van der Waals surface area contributed by atoms with Gasteiger partial charge in [0.15, 0.2) is 5.78 Å². The van der Waals surface area contributed by atoms with Crippen LogP contribution in [0.5, 0.6) is 0 Å². The van der Waals surface area contributed by atoms with Gasteiger partial charge in [-0.05, 0) is 30.3 Å². The Morgan fingerprint density at radius 3 is 2.21 bits per heavy atom. The fourth-order valence-electron chi connectivity index (χ4n) is 2.51. The van der Waals surface area contributed by atoms with Gasteiger partial charge >= 0.3 is 6.03 Å². The van der Waals surface area contributed by atoms with Crippen molar-refractivity contribution >= 4 is 44.8 Å². The predicted octanol–water partition coefficient (Wildman–Crippen LogP) is 5.23. The van der Waals surface area contributed by atoms with E-state index in [1.807, 2.05) is 6.07 Å². The van der Waals surface area contributed by atoms with E-state index >= 15 is 0 Å². The summed E-state index contributed by atoms with van der Waals surface area (Å²) in [6.45, 7) is 0. The number of nitro benzene ring substituents is 1. The molecular formula is C20H14BrN3O4. The number of hydrogen-bond acceptors (Lipinski definition) is 4. The van der Waals surface area contributed by atoms with Crippen molar-refractivity contribution in [3.8, 4) is 0 Å². The van der Waals surface area contributed by atoms with Gasteiger partial charge in [0.25, 0.3) is 5.69 Å². The summed E-state index contributed by atoms with van der Waals surface area (Å²) in [7, 11) is 0. The quantitative estimate of drug-likeness (QED) is 0.322. The number of nitrogens with one attached hydrogen (secondary N) is 2. The van der Waals surface area contributed by atoms with Crippen LogP contribution < -0.4 is 10.6 Å². The smallest absolute Gasteiger partial charge is 0.308 e. The SMILES string of the molecule is O=C(Nc1ccc([N+](=O)[O-])cc1)Nc1ccc(Br)cc1C(=O)c1ccccc1. The number of anilines is 2. The second-order valence-corrected chi connectivity index (χ2v) is 6.68. The number of carbonyl (C=O) groups is 2. The molecule has 0 atom stereocenters. The normalized spacial score (nSPS) is 10.2. The van der Waals surface area contributed by atoms with Gasteiger partial charge in [-0.1, -0.05) is 46.3 Å². The first kappa shape index (κ1) is 19.2. The highest BCUT2D eigenvalue weighted by molar-refractivity contribution is 9.10. The zero-order valence-electron chi connectivity index (χ0n) is 14.4. The van der Waals surface area contributed by atoms with Gasteiger partial charge in [0.1, 0.15) is 0 Å². The molecule has 0 saturated carbocycles. The maximum Gasteiger partial charge on any atom is 0.323 e. The largest absolute Gasteiger partial charge is 0.323 e. The molecule has 2 N–H and O–H groups in total. The second kappa shape index (κ2) is 8.45. The molecule has 3 aromatic rings. The van der Waals surface area contributed by atoms with E-state index in [0.29, 0.717) is 27.0 Å². The Morgan fingerprint density at radius 1 is 0.893 bits per heavy atom. The van der Waals surface area contributed by atoms with E-state index in [0.717, 1.165) is 0 Å². The third-order valence-electron chi connectivity index (χ3n) is 3.85. The van der Waals surface area contributed by atoms with Crippen molar-refractivity contribution in [2.75, 3.05) is 10.6 Å². The first-order chi connectivity index (χ1) is 13.4. The monoisotopic (exact) mass is 439 g/mol. The van der Waals surface area contributed by atoms with Crippen molar-refractivity contribution < 1.29 is 14.5 Å². The zero-order valence-corrected chi connectivity index (χ0v) is 16.0. The van der Waals surface area contributed by atoms with Crippen LogP contribution in [-0.4, -0.2) is 16.7 Å². The highest BCUT2D eigenvalue weighted by atomic mass is 79.9. The summed E-state index contributed by atoms with van der Waals surface area (Å²) in [4.78, 5) is 35.3. The average Bonchev–Trinajstić information content (AvgIpc) is 2.70. The summed E-state index contributed by atoms with van der Waals surface area (Å²) < 4.78 is 0.702. The molecule has 0 aliphatic carbocycles. The third-order valence-corrected chi connectivity index (χ3v) is 4.34. The van der Waals surface area contributed by atoms with Gasteiger partial charge in [-0.2, -0.15) is 0 Å². The van der Waals surface area contributed by atoms with Crippen LogP contribution in [0.4, 0.5) is 21.9 Å². The Kier molecular flexibility index (Phi) is 5.81. The molecule has 0 radical (unpaired) electrons. The molecule has 3 rings (SSSR count). The van der Waals surface area contributed by atoms with Crippen molar-refractivity contribution in [1.82, 2.24) is 0 Å². The van der Waals surface area contributed by atoms with E-state index < -0.39 is 11.0 Å². The maximum absolute atomic E-state index is 12.8. The number of amides is 2. The number of non-ortho nitro benzene ring substituents is 1. The lowest BCUT2D eigenvalue weighted by Crippen LogP contribution is -2.21. The van der Waals surface area contributed by atoms with E-state index in [2.05, 4.69) is 26.6 Å². The number of nitro groups is 1. The summed E-state index contributed by atoms with van der Waals surface area (Å²) >= 11 is 3.34. The van der Waals surface area contributed by atoms with Crippen LogP contribution in [0.25, 0.3) is 0 Å². The average molecular weight is 440 g/mol. The number of hydrogen-bond donors (Lipinski definition) is 2. The highest BCUT2D eigenvalue weighted by Gasteiger charge is 2.16. The molecular weight excluding hydrogens is 426 g/mol. The van der Waals surface area contributed by atoms with Gasteiger partial charge in [-0.15, -0.1) is 0 Å². The van der Waals surface area contributed by atoms with Crippen molar-refractivity contribution in [2.24, 2.45) is 0 Å². The van der Waals surface area contributed by atoms with Crippen LogP contribution in [-0.2, 0) is 0 Å². The van der Waals surface area contributed by atoms with Crippen molar-refractivity contribution in [3.63, 3.8) is 0 Å². The molecule has 0 spiro atoms. The summed E-state index contributed by atoms with van der Waals surface area (Å²) in [6.07, 6.45) is 0. The van der Waals surface area contributed by atoms with Crippen molar-refractivity contribution in [2.45, 2.75) is 0 Å². The fraction of sp³-hybridized carbons (Fsp3) is 0. The summed E-state index contributed by atoms with van der Waals surface area (Å²) in [5.74, 6) is -0.229. The van der Waals surface area contributed by atoms with Crippen LogP contribution in [0.2, 0.25) is 0 Å². The van der Waals surface area contributed by atoms with Crippen LogP contribution in [0.15, 0.2) is 77.3 Å². The number of halogens is 1. The molecule has 0 saturated heterocycles. The standard InChI is InChI=1S/C20H14BrN3O4/c21-14-6-11-18(17(12-14)19(25)13-4-2-1-3-5-13)23-20(26)22-15-7-9-16(10-8-15)24(27)28/h1-12H,(H2,22,23,26). The number of urea groups is 1. The highest BCUT2D eigenvalue weighted by Crippen LogP contribution is 2.24. The number of carbonyl (C=O) groups excluding carboxylic acids is 2. The third kappa shape index (κ3) is 4.60. The molecule has 0 aliphatic heterocycles. The van der Waals surface area contributed by atoms with Crippen LogP contribution in [0, 0.1) is 10.1 Å². The van der Waals surface area contributed by atoms with E-state index in [-0.39, 0.29) is 11.5 Å². The molecule has 8 heteroatoms. The van der Waals surface area contributed by atoms with Gasteiger partial charge in [-0.25, -0.2) is 4.79 Å². The Morgan fingerprint density at radius 2 is 1.57 bits per heavy atom. The van der Waals surface area contributed by atoms with Crippen LogP contribution >= 0.6 is 15.9 Å². The van der Waals surface area contributed by atoms with Gasteiger partial charge in [0.2, 0.25) is 0 Å². The Bertz CT molecular complexity index is 1040. The van der Waals surface area contributed by atoms with E-state index in [1.165, 1.54) is 24.3 Å². The molecule has 3 aromatic carbocycles. The fourth-order valence-corrected chi connectivity index (χ4v) is 2.87. The predicted molar refractivity (Wildman–Crippen MR) is 110 cm³/mol. The number of benzene rings is 3. The lowest BCUT2D eigenvalue weighted by molar-refractivity contribution is -0.384. The number of nitrogens with zero attached hydrogens (tertiary/aromatic N) is 1. The van der Waals surface area contributed by atoms with E-state index in [9.17, 15) is 19.7 Å². The summed E-state index contributed by atoms with van der Waals surface area (Å²) in [6, 6.07) is 18.6. The van der Waals surface area contributed by atoms with Crippen LogP contribution in [0.3, 0.4) is 0 Å². The van der Waals surface area contributed by atoms with Crippen molar-refractivity contribution in [1.29, 1.82) is 0 Å². The molecule has 0 fully saturated rings. The molecule has 0 unspecified atom stereocenters. The lowest BCUT2D eigenvalue weighted by atomic mass is 10.0. The molecule has 0 aromatic heterocycles. The molecule has 0 heterocycles. The first-order valence-corrected chi connectivity index (χ1v) is 8.95. The van der Waals surface area contributed by atoms with E-state index in [1.54, 1.807) is 42.5 Å². The zero-order chi connectivity index (χ0) is 20.1. The topological polar surface area (TPSA) is 101 Å². The molecule has 28 heavy (non-hydrogen) atoms. The Labute approximate surface area is 168 Å². The second-order valence-electron chi connectivity index (χ2n) is 5.77. The summed E-state index contributed by atoms with van der Waals surface area (Å²) in [5.41, 5.74) is 1.49. The van der Waals surface area contributed by atoms with Gasteiger partial charge in [-0.3, -0.25) is 14.9 Å². The lowest BCUT2D eigenvalue weighted by Gasteiger charge is -2.12. The van der Waals surface area contributed by atoms with Crippen molar-refractivity contribution in [3.05, 3.63) is 98.5 Å². The maximum atomic E-state index is 12.8. The minimum atomic E-state index is -0.571. The molecule has 0 bridgehead atoms. The van der Waals surface area contributed by atoms with Gasteiger partial charge in [0, 0.05) is 33.4 Å². The minimum Gasteiger partial charge on any atom is -0.308 e. The molecule has 140 valence electrons. The molecule has 7 nitrogen and oxygen atoms in total. The molecule has 2 amide bonds. The first-order valence-electron chi connectivity index (χ1n) is 8.16. The Balaban J connectivity index is 1.79. The van der Waals surface area contributed by atoms with Gasteiger partial charge in [0.05, 0.1) is 10.6 Å². The van der Waals surface area contributed by atoms with E-state index in [4.69, 9.17) is 0 Å². The van der Waals surface area contributed by atoms with Gasteiger partial charge < -0.3 is 10.6 Å². The minimum absolute atomic E-state index is 0.0744.